The number of carbonyl (C=O) groups is 2. The summed E-state index contributed by atoms with van der Waals surface area (Å²) in [6, 6.07) is 11.0. The number of amides is 1. The molecular weight excluding hydrogens is 417 g/mol. The second-order valence-electron chi connectivity index (χ2n) is 8.27. The van der Waals surface area contributed by atoms with Crippen LogP contribution in [0.4, 0.5) is 4.79 Å². The molecule has 2 aromatic rings. The molecule has 31 heavy (non-hydrogen) atoms. The Morgan fingerprint density at radius 3 is 2.39 bits per heavy atom. The summed E-state index contributed by atoms with van der Waals surface area (Å²) in [5.74, 6) is -0.990. The number of carboxylic acids is 1. The van der Waals surface area contributed by atoms with Crippen molar-refractivity contribution in [3.63, 3.8) is 0 Å². The highest BCUT2D eigenvalue weighted by molar-refractivity contribution is 7.11. The van der Waals surface area contributed by atoms with Gasteiger partial charge in [0.05, 0.1) is 16.8 Å². The van der Waals surface area contributed by atoms with Gasteiger partial charge in [0.25, 0.3) is 0 Å². The maximum Gasteiger partial charge on any atom is 0.492 e. The molecule has 0 bridgehead atoms. The predicted octanol–water partition coefficient (Wildman–Crippen LogP) is 4.39. The molecule has 0 saturated carbocycles. The first kappa shape index (κ1) is 23.1. The van der Waals surface area contributed by atoms with Gasteiger partial charge in [-0.25, -0.2) is 9.59 Å². The molecule has 1 aromatic heterocycles. The van der Waals surface area contributed by atoms with Crippen LogP contribution in [0.15, 0.2) is 47.3 Å². The van der Waals surface area contributed by atoms with E-state index >= 15 is 0 Å². The molecule has 9 heteroatoms. The molecule has 164 valence electrons. The molecule has 2 N–H and O–H groups in total. The number of ether oxygens (including phenoxy) is 1. The van der Waals surface area contributed by atoms with Gasteiger partial charge in [0.15, 0.2) is 0 Å². The summed E-state index contributed by atoms with van der Waals surface area (Å²) in [6.45, 7) is 8.07. The van der Waals surface area contributed by atoms with Crippen LogP contribution in [0, 0.1) is 0 Å². The third-order valence-electron chi connectivity index (χ3n) is 5.40. The highest BCUT2D eigenvalue weighted by atomic mass is 32.1. The van der Waals surface area contributed by atoms with Gasteiger partial charge in [-0.3, -0.25) is 0 Å². The van der Waals surface area contributed by atoms with Gasteiger partial charge >= 0.3 is 19.2 Å². The maximum atomic E-state index is 12.2. The topological polar surface area (TPSA) is 94.1 Å². The second-order valence-corrected chi connectivity index (χ2v) is 9.21. The van der Waals surface area contributed by atoms with Crippen LogP contribution in [0.5, 0.6) is 0 Å². The largest absolute Gasteiger partial charge is 0.492 e. The molecule has 2 heterocycles. The van der Waals surface area contributed by atoms with Crippen LogP contribution in [0.25, 0.3) is 6.08 Å². The predicted molar refractivity (Wildman–Crippen MR) is 120 cm³/mol. The summed E-state index contributed by atoms with van der Waals surface area (Å²) >= 11 is 1.29. The van der Waals surface area contributed by atoms with Gasteiger partial charge in [-0.15, -0.1) is 11.3 Å². The van der Waals surface area contributed by atoms with Crippen molar-refractivity contribution >= 4 is 36.6 Å². The van der Waals surface area contributed by atoms with E-state index in [-0.39, 0.29) is 18.7 Å². The summed E-state index contributed by atoms with van der Waals surface area (Å²) < 4.78 is 17.5. The lowest BCUT2D eigenvalue weighted by Crippen LogP contribution is -2.41. The van der Waals surface area contributed by atoms with Gasteiger partial charge in [-0.1, -0.05) is 30.3 Å². The normalized spacial score (nSPS) is 17.4. The fourth-order valence-electron chi connectivity index (χ4n) is 2.87. The lowest BCUT2D eigenvalue weighted by Gasteiger charge is -2.32. The fraction of sp³-hybridized carbons (Fsp3) is 0.364. The van der Waals surface area contributed by atoms with E-state index in [0.717, 1.165) is 10.4 Å². The fourth-order valence-corrected chi connectivity index (χ4v) is 3.71. The standard InChI is InChI=1S/C22H26BNO6S/c1-21(2)22(3,4)30-23(29-21)17(11-18-10-16(14-31-18)19(25)26)12-24-20(27)28-13-15-8-6-5-7-9-15/h5-11,14H,12-13H2,1-4H3,(H,24,27)(H,25,26). The second kappa shape index (κ2) is 9.26. The first-order valence-corrected chi connectivity index (χ1v) is 10.8. The number of nitrogens with one attached hydrogen (secondary N) is 1. The van der Waals surface area contributed by atoms with Crippen molar-refractivity contribution < 1.29 is 28.7 Å². The number of benzene rings is 1. The number of alkyl carbamates (subject to hydrolysis) is 1. The lowest BCUT2D eigenvalue weighted by molar-refractivity contribution is 0.00578. The van der Waals surface area contributed by atoms with Gasteiger partial charge in [0, 0.05) is 16.8 Å². The van der Waals surface area contributed by atoms with Crippen molar-refractivity contribution in [2.75, 3.05) is 6.54 Å². The van der Waals surface area contributed by atoms with E-state index in [0.29, 0.717) is 5.47 Å². The molecule has 0 aliphatic carbocycles. The lowest BCUT2D eigenvalue weighted by atomic mass is 9.77. The Balaban J connectivity index is 1.72. The van der Waals surface area contributed by atoms with Gasteiger partial charge in [0.2, 0.25) is 0 Å². The van der Waals surface area contributed by atoms with Crippen LogP contribution in [0.3, 0.4) is 0 Å². The number of hydrogen-bond acceptors (Lipinski definition) is 6. The molecule has 0 spiro atoms. The molecule has 1 fully saturated rings. The van der Waals surface area contributed by atoms with Crippen molar-refractivity contribution in [2.45, 2.75) is 45.5 Å². The third-order valence-corrected chi connectivity index (χ3v) is 6.28. The molecule has 0 unspecified atom stereocenters. The van der Waals surface area contributed by atoms with Crippen LogP contribution in [-0.2, 0) is 20.7 Å². The quantitative estimate of drug-likeness (QED) is 0.617. The molecule has 1 aliphatic rings. The van der Waals surface area contributed by atoms with Gasteiger partial charge in [0.1, 0.15) is 6.61 Å². The van der Waals surface area contributed by atoms with Crippen LogP contribution in [-0.4, -0.2) is 42.0 Å². The maximum absolute atomic E-state index is 12.2. The van der Waals surface area contributed by atoms with Gasteiger partial charge < -0.3 is 24.5 Å². The van der Waals surface area contributed by atoms with Crippen LogP contribution < -0.4 is 5.32 Å². The zero-order valence-electron chi connectivity index (χ0n) is 18.0. The van der Waals surface area contributed by atoms with Crippen molar-refractivity contribution in [3.05, 3.63) is 63.3 Å². The van der Waals surface area contributed by atoms with E-state index in [2.05, 4.69) is 5.32 Å². The Kier molecular flexibility index (Phi) is 6.88. The summed E-state index contributed by atoms with van der Waals surface area (Å²) in [5.41, 5.74) is 0.659. The van der Waals surface area contributed by atoms with Crippen molar-refractivity contribution in [3.8, 4) is 0 Å². The van der Waals surface area contributed by atoms with E-state index in [1.807, 2.05) is 58.0 Å². The number of carboxylic acid groups (broad SMARTS) is 1. The molecular formula is C22H26BNO6S. The Hall–Kier alpha value is -2.62. The zero-order valence-corrected chi connectivity index (χ0v) is 18.8. The molecule has 1 amide bonds. The van der Waals surface area contributed by atoms with E-state index < -0.39 is 30.4 Å². The van der Waals surface area contributed by atoms with Crippen molar-refractivity contribution in [1.82, 2.24) is 5.32 Å². The van der Waals surface area contributed by atoms with E-state index in [4.69, 9.17) is 14.0 Å². The molecule has 0 atom stereocenters. The molecule has 0 radical (unpaired) electrons. The van der Waals surface area contributed by atoms with Crippen LogP contribution >= 0.6 is 11.3 Å². The van der Waals surface area contributed by atoms with Gasteiger partial charge in [-0.2, -0.15) is 0 Å². The third kappa shape index (κ3) is 5.75. The minimum atomic E-state index is -0.990. The molecule has 3 rings (SSSR count). The summed E-state index contributed by atoms with van der Waals surface area (Å²) in [7, 11) is -0.685. The van der Waals surface area contributed by atoms with E-state index in [9.17, 15) is 14.7 Å². The summed E-state index contributed by atoms with van der Waals surface area (Å²) in [4.78, 5) is 24.1. The van der Waals surface area contributed by atoms with E-state index in [1.54, 1.807) is 17.5 Å². The Morgan fingerprint density at radius 1 is 1.16 bits per heavy atom. The van der Waals surface area contributed by atoms with Crippen LogP contribution in [0.1, 0.15) is 48.5 Å². The zero-order chi connectivity index (χ0) is 22.6. The minimum absolute atomic E-state index is 0.130. The minimum Gasteiger partial charge on any atom is -0.478 e. The SMILES string of the molecule is CC1(C)OB(C(=Cc2cc(C(=O)O)cs2)CNC(=O)OCc2ccccc2)OC1(C)C. The molecule has 1 aromatic carbocycles. The molecule has 1 aliphatic heterocycles. The summed E-state index contributed by atoms with van der Waals surface area (Å²) in [5, 5.41) is 13.5. The smallest absolute Gasteiger partial charge is 0.478 e. The number of aromatic carboxylic acids is 1. The number of thiophene rings is 1. The average molecular weight is 443 g/mol. The van der Waals surface area contributed by atoms with E-state index in [1.165, 1.54) is 11.3 Å². The molecule has 1 saturated heterocycles. The van der Waals surface area contributed by atoms with Crippen molar-refractivity contribution in [2.24, 2.45) is 0 Å². The number of rotatable bonds is 7. The van der Waals surface area contributed by atoms with Crippen molar-refractivity contribution in [1.29, 1.82) is 0 Å². The number of hydrogen-bond donors (Lipinski definition) is 2. The Morgan fingerprint density at radius 2 is 1.81 bits per heavy atom. The summed E-state index contributed by atoms with van der Waals surface area (Å²) in [6.07, 6.45) is 1.22. The highest BCUT2D eigenvalue weighted by Crippen LogP contribution is 2.39. The first-order chi connectivity index (χ1) is 14.6. The van der Waals surface area contributed by atoms with Gasteiger partial charge in [-0.05, 0) is 50.9 Å². The number of carbonyl (C=O) groups excluding carboxylic acids is 1. The monoisotopic (exact) mass is 443 g/mol. The average Bonchev–Trinajstić information content (AvgIpc) is 3.26. The Labute approximate surface area is 186 Å². The Bertz CT molecular complexity index is 953. The first-order valence-electron chi connectivity index (χ1n) is 9.90. The van der Waals surface area contributed by atoms with Crippen LogP contribution in [0.2, 0.25) is 0 Å². The molecule has 7 nitrogen and oxygen atoms in total. The highest BCUT2D eigenvalue weighted by Gasteiger charge is 2.52.